The van der Waals surface area contributed by atoms with Gasteiger partial charge in [-0.3, -0.25) is 4.79 Å². The maximum Gasteiger partial charge on any atom is 0.292 e. The fourth-order valence-corrected chi connectivity index (χ4v) is 4.07. The van der Waals surface area contributed by atoms with Crippen LogP contribution in [0.5, 0.6) is 0 Å². The molecule has 1 fully saturated rings. The molecule has 1 unspecified atom stereocenters. The summed E-state index contributed by atoms with van der Waals surface area (Å²) in [6, 6.07) is 3.16. The molecule has 4 rings (SSSR count). The van der Waals surface area contributed by atoms with Crippen molar-refractivity contribution in [2.75, 3.05) is 18.0 Å². The van der Waals surface area contributed by atoms with Gasteiger partial charge in [0.15, 0.2) is 5.82 Å². The summed E-state index contributed by atoms with van der Waals surface area (Å²) < 4.78 is 30.2. The molecule has 30 heavy (non-hydrogen) atoms. The first kappa shape index (κ1) is 20.5. The van der Waals surface area contributed by atoms with Crippen molar-refractivity contribution in [2.24, 2.45) is 0 Å². The molecular weight excluding hydrogens is 414 g/mol. The van der Waals surface area contributed by atoms with Gasteiger partial charge in [0.2, 0.25) is 0 Å². The van der Waals surface area contributed by atoms with E-state index in [9.17, 15) is 13.6 Å². The maximum absolute atomic E-state index is 14.1. The Hall–Kier alpha value is -2.81. The van der Waals surface area contributed by atoms with E-state index >= 15 is 0 Å². The van der Waals surface area contributed by atoms with Gasteiger partial charge in [0.1, 0.15) is 28.7 Å². The zero-order valence-electron chi connectivity index (χ0n) is 16.6. The first-order valence-electron chi connectivity index (χ1n) is 9.74. The molecule has 3 aromatic rings. The van der Waals surface area contributed by atoms with Crippen LogP contribution < -0.4 is 10.5 Å². The van der Waals surface area contributed by atoms with Gasteiger partial charge in [-0.05, 0) is 38.8 Å². The Bertz CT molecular complexity index is 1130. The van der Waals surface area contributed by atoms with E-state index in [0.29, 0.717) is 24.8 Å². The van der Waals surface area contributed by atoms with Crippen LogP contribution in [0.3, 0.4) is 0 Å². The number of nitrogens with zero attached hydrogens (tertiary/aromatic N) is 6. The molecule has 0 spiro atoms. The highest BCUT2D eigenvalue weighted by molar-refractivity contribution is 6.33. The van der Waals surface area contributed by atoms with Crippen LogP contribution in [0.25, 0.3) is 5.69 Å². The Labute approximate surface area is 176 Å². The molecule has 10 heteroatoms. The third-order valence-corrected chi connectivity index (χ3v) is 5.68. The maximum atomic E-state index is 14.1. The van der Waals surface area contributed by atoms with Gasteiger partial charge in [-0.1, -0.05) is 11.6 Å². The number of benzene rings is 1. The lowest BCUT2D eigenvalue weighted by Gasteiger charge is -2.34. The minimum absolute atomic E-state index is 0.0558. The van der Waals surface area contributed by atoms with Gasteiger partial charge >= 0.3 is 0 Å². The number of halogens is 3. The van der Waals surface area contributed by atoms with Crippen molar-refractivity contribution in [1.82, 2.24) is 24.5 Å². The Kier molecular flexibility index (Phi) is 5.55. The van der Waals surface area contributed by atoms with E-state index < -0.39 is 17.2 Å². The van der Waals surface area contributed by atoms with Crippen LogP contribution in [0.4, 0.5) is 14.5 Å². The second-order valence-corrected chi connectivity index (χ2v) is 8.01. The lowest BCUT2D eigenvalue weighted by molar-refractivity contribution is 0.454. The predicted molar refractivity (Wildman–Crippen MR) is 109 cm³/mol. The topological polar surface area (TPSA) is 68.8 Å². The average Bonchev–Trinajstić information content (AvgIpc) is 3.21. The fourth-order valence-electron chi connectivity index (χ4n) is 3.82. The lowest BCUT2D eigenvalue weighted by atomic mass is 9.96. The SMILES string of the molecule is CC(C)n1cnnc1C1CCCN(c2cnn(-c3ccc(F)cc3F)c(=O)c2Cl)C1. The van der Waals surface area contributed by atoms with Crippen molar-refractivity contribution in [3.8, 4) is 5.69 Å². The lowest BCUT2D eigenvalue weighted by Crippen LogP contribution is -2.37. The van der Waals surface area contributed by atoms with Crippen LogP contribution in [-0.4, -0.2) is 37.6 Å². The van der Waals surface area contributed by atoms with Gasteiger partial charge in [0.25, 0.3) is 5.56 Å². The number of hydrogen-bond donors (Lipinski definition) is 0. The van der Waals surface area contributed by atoms with E-state index in [4.69, 9.17) is 11.6 Å². The summed E-state index contributed by atoms with van der Waals surface area (Å²) in [5.74, 6) is -0.586. The van der Waals surface area contributed by atoms with E-state index in [0.717, 1.165) is 35.5 Å². The third-order valence-electron chi connectivity index (χ3n) is 5.32. The summed E-state index contributed by atoms with van der Waals surface area (Å²) in [5, 5.41) is 12.4. The molecule has 1 saturated heterocycles. The van der Waals surface area contributed by atoms with Gasteiger partial charge in [-0.25, -0.2) is 8.78 Å². The summed E-state index contributed by atoms with van der Waals surface area (Å²) in [6.45, 7) is 5.47. The third kappa shape index (κ3) is 3.69. The van der Waals surface area contributed by atoms with Gasteiger partial charge in [-0.2, -0.15) is 9.78 Å². The van der Waals surface area contributed by atoms with Crippen molar-refractivity contribution in [3.63, 3.8) is 0 Å². The van der Waals surface area contributed by atoms with Gasteiger partial charge in [0, 0.05) is 31.1 Å². The zero-order chi connectivity index (χ0) is 21.4. The summed E-state index contributed by atoms with van der Waals surface area (Å²) in [4.78, 5) is 14.8. The monoisotopic (exact) mass is 434 g/mol. The number of hydrogen-bond acceptors (Lipinski definition) is 5. The molecule has 0 bridgehead atoms. The molecule has 0 aliphatic carbocycles. The molecule has 0 radical (unpaired) electrons. The predicted octanol–water partition coefficient (Wildman–Crippen LogP) is 3.72. The highest BCUT2D eigenvalue weighted by Crippen LogP contribution is 2.32. The van der Waals surface area contributed by atoms with E-state index in [1.807, 2.05) is 9.47 Å². The van der Waals surface area contributed by atoms with Crippen LogP contribution in [0.1, 0.15) is 44.5 Å². The zero-order valence-corrected chi connectivity index (χ0v) is 17.4. The second-order valence-electron chi connectivity index (χ2n) is 7.63. The molecule has 7 nitrogen and oxygen atoms in total. The Morgan fingerprint density at radius 1 is 1.23 bits per heavy atom. The van der Waals surface area contributed by atoms with E-state index in [1.54, 1.807) is 6.33 Å². The van der Waals surface area contributed by atoms with Crippen molar-refractivity contribution in [3.05, 3.63) is 63.6 Å². The quantitative estimate of drug-likeness (QED) is 0.626. The van der Waals surface area contributed by atoms with Crippen molar-refractivity contribution in [1.29, 1.82) is 0 Å². The van der Waals surface area contributed by atoms with Crippen LogP contribution in [0.2, 0.25) is 5.02 Å². The van der Waals surface area contributed by atoms with Crippen LogP contribution in [0.15, 0.2) is 35.5 Å². The van der Waals surface area contributed by atoms with Crippen LogP contribution >= 0.6 is 11.6 Å². The molecule has 1 aliphatic heterocycles. The molecule has 1 atom stereocenters. The number of aromatic nitrogens is 5. The summed E-state index contributed by atoms with van der Waals surface area (Å²) in [6.07, 6.45) is 5.01. The number of piperidine rings is 1. The van der Waals surface area contributed by atoms with Crippen LogP contribution in [-0.2, 0) is 0 Å². The largest absolute Gasteiger partial charge is 0.368 e. The van der Waals surface area contributed by atoms with Crippen LogP contribution in [0, 0.1) is 11.6 Å². The van der Waals surface area contributed by atoms with Gasteiger partial charge in [0.05, 0.1) is 11.9 Å². The smallest absolute Gasteiger partial charge is 0.292 e. The molecular formula is C20H21ClF2N6O. The molecule has 0 amide bonds. The first-order valence-corrected chi connectivity index (χ1v) is 10.1. The Balaban J connectivity index is 1.65. The molecule has 0 saturated carbocycles. The Morgan fingerprint density at radius 3 is 2.77 bits per heavy atom. The van der Waals surface area contributed by atoms with E-state index in [1.165, 1.54) is 6.20 Å². The minimum Gasteiger partial charge on any atom is -0.368 e. The molecule has 2 aromatic heterocycles. The normalized spacial score (nSPS) is 17.0. The van der Waals surface area contributed by atoms with Crippen molar-refractivity contribution >= 4 is 17.3 Å². The number of anilines is 1. The molecule has 3 heterocycles. The Morgan fingerprint density at radius 2 is 2.03 bits per heavy atom. The summed E-state index contributed by atoms with van der Waals surface area (Å²) in [7, 11) is 0. The summed E-state index contributed by atoms with van der Waals surface area (Å²) in [5.41, 5.74) is -0.329. The molecule has 1 aromatic carbocycles. The van der Waals surface area contributed by atoms with Gasteiger partial charge < -0.3 is 9.47 Å². The van der Waals surface area contributed by atoms with E-state index in [2.05, 4.69) is 29.1 Å². The number of rotatable bonds is 4. The van der Waals surface area contributed by atoms with E-state index in [-0.39, 0.29) is 22.7 Å². The minimum atomic E-state index is -0.889. The standard InChI is InChI=1S/C20H21ClF2N6O/c1-12(2)28-11-24-26-19(28)13-4-3-7-27(10-13)17-9-25-29(20(30)18(17)21)16-6-5-14(22)8-15(16)23/h5-6,8-9,11-13H,3-4,7,10H2,1-2H3. The summed E-state index contributed by atoms with van der Waals surface area (Å²) >= 11 is 6.37. The highest BCUT2D eigenvalue weighted by atomic mass is 35.5. The highest BCUT2D eigenvalue weighted by Gasteiger charge is 2.28. The first-order chi connectivity index (χ1) is 14.4. The molecule has 0 N–H and O–H groups in total. The van der Waals surface area contributed by atoms with Crippen molar-refractivity contribution < 1.29 is 8.78 Å². The second kappa shape index (κ2) is 8.14. The fraction of sp³-hybridized carbons (Fsp3) is 0.400. The molecule has 1 aliphatic rings. The average molecular weight is 435 g/mol. The molecule has 158 valence electrons. The van der Waals surface area contributed by atoms with Gasteiger partial charge in [-0.15, -0.1) is 10.2 Å². The van der Waals surface area contributed by atoms with Crippen molar-refractivity contribution in [2.45, 2.75) is 38.6 Å².